The Morgan fingerprint density at radius 1 is 1.38 bits per heavy atom. The molecule has 0 aromatic heterocycles. The van der Waals surface area contributed by atoms with E-state index < -0.39 is 0 Å². The average Bonchev–Trinajstić information content (AvgIpc) is 2.21. The zero-order valence-corrected chi connectivity index (χ0v) is 8.07. The van der Waals surface area contributed by atoms with Crippen LogP contribution in [-0.4, -0.2) is 6.61 Å². The van der Waals surface area contributed by atoms with Crippen molar-refractivity contribution in [2.24, 2.45) is 0 Å². The summed E-state index contributed by atoms with van der Waals surface area (Å²) >= 11 is 0. The Morgan fingerprint density at radius 3 is 2.62 bits per heavy atom. The van der Waals surface area contributed by atoms with E-state index in [4.69, 9.17) is 4.74 Å². The lowest BCUT2D eigenvalue weighted by atomic mass is 10.1. The number of hydrogen-bond acceptors (Lipinski definition) is 1. The number of hydrogen-bond donors (Lipinski definition) is 0. The van der Waals surface area contributed by atoms with Crippen LogP contribution in [0.25, 0.3) is 0 Å². The van der Waals surface area contributed by atoms with Gasteiger partial charge in [-0.05, 0) is 12.0 Å². The second-order valence-corrected chi connectivity index (χ2v) is 2.94. The van der Waals surface area contributed by atoms with Gasteiger partial charge >= 0.3 is 0 Å². The quantitative estimate of drug-likeness (QED) is 0.625. The third-order valence-corrected chi connectivity index (χ3v) is 1.84. The fraction of sp³-hybridized carbons (Fsp3) is 0.333. The van der Waals surface area contributed by atoms with Gasteiger partial charge in [-0.3, -0.25) is 0 Å². The Morgan fingerprint density at radius 2 is 2.08 bits per heavy atom. The number of benzene rings is 1. The van der Waals surface area contributed by atoms with E-state index in [2.05, 4.69) is 25.6 Å². The molecule has 1 unspecified atom stereocenters. The predicted molar refractivity (Wildman–Crippen MR) is 55.6 cm³/mol. The van der Waals surface area contributed by atoms with Crippen LogP contribution < -0.4 is 0 Å². The molecular weight excluding hydrogens is 160 g/mol. The van der Waals surface area contributed by atoms with Crippen LogP contribution in [0.2, 0.25) is 0 Å². The Labute approximate surface area is 80.0 Å². The van der Waals surface area contributed by atoms with E-state index in [1.54, 1.807) is 0 Å². The van der Waals surface area contributed by atoms with Crippen LogP contribution in [0.1, 0.15) is 25.0 Å². The Hall–Kier alpha value is -1.08. The van der Waals surface area contributed by atoms with Crippen molar-refractivity contribution < 1.29 is 4.74 Å². The Bertz CT molecular complexity index is 241. The minimum atomic E-state index is 0.0427. The topological polar surface area (TPSA) is 9.23 Å². The highest BCUT2D eigenvalue weighted by Gasteiger charge is 2.05. The molecule has 0 aliphatic rings. The molecule has 0 radical (unpaired) electrons. The highest BCUT2D eigenvalue weighted by atomic mass is 16.5. The predicted octanol–water partition coefficient (Wildman–Crippen LogP) is 3.34. The number of ether oxygens (including phenoxy) is 1. The lowest BCUT2D eigenvalue weighted by Gasteiger charge is -2.13. The summed E-state index contributed by atoms with van der Waals surface area (Å²) in [5.74, 6) is 0. The van der Waals surface area contributed by atoms with Crippen molar-refractivity contribution in [2.75, 3.05) is 6.61 Å². The molecule has 0 heterocycles. The largest absolute Gasteiger partial charge is 0.369 e. The summed E-state index contributed by atoms with van der Waals surface area (Å²) in [4.78, 5) is 0. The molecule has 0 aliphatic carbocycles. The van der Waals surface area contributed by atoms with Crippen molar-refractivity contribution >= 4 is 0 Å². The fourth-order valence-corrected chi connectivity index (χ4v) is 1.19. The second-order valence-electron chi connectivity index (χ2n) is 2.94. The molecule has 0 saturated carbocycles. The van der Waals surface area contributed by atoms with E-state index in [0.29, 0.717) is 0 Å². The van der Waals surface area contributed by atoms with Crippen LogP contribution in [0.3, 0.4) is 0 Å². The summed E-state index contributed by atoms with van der Waals surface area (Å²) in [6, 6.07) is 10.1. The van der Waals surface area contributed by atoms with Gasteiger partial charge in [-0.15, -0.1) is 6.58 Å². The van der Waals surface area contributed by atoms with Crippen molar-refractivity contribution in [2.45, 2.75) is 19.4 Å². The van der Waals surface area contributed by atoms with E-state index in [-0.39, 0.29) is 6.10 Å². The maximum absolute atomic E-state index is 5.61. The summed E-state index contributed by atoms with van der Waals surface area (Å²) in [6.07, 6.45) is 2.92. The number of rotatable bonds is 5. The van der Waals surface area contributed by atoms with Crippen molar-refractivity contribution in [3.63, 3.8) is 0 Å². The Kier molecular flexibility index (Phi) is 4.27. The van der Waals surface area contributed by atoms with Gasteiger partial charge in [0.1, 0.15) is 6.10 Å². The first-order chi connectivity index (χ1) is 6.38. The van der Waals surface area contributed by atoms with E-state index in [1.165, 1.54) is 5.56 Å². The monoisotopic (exact) mass is 176 g/mol. The van der Waals surface area contributed by atoms with Crippen molar-refractivity contribution in [1.82, 2.24) is 0 Å². The van der Waals surface area contributed by atoms with Gasteiger partial charge in [0.15, 0.2) is 0 Å². The zero-order valence-electron chi connectivity index (χ0n) is 8.07. The average molecular weight is 176 g/mol. The first-order valence-electron chi connectivity index (χ1n) is 4.67. The van der Waals surface area contributed by atoms with Gasteiger partial charge in [-0.2, -0.15) is 0 Å². The van der Waals surface area contributed by atoms with Gasteiger partial charge in [0.05, 0.1) is 0 Å². The lowest BCUT2D eigenvalue weighted by molar-refractivity contribution is 0.0861. The fourth-order valence-electron chi connectivity index (χ4n) is 1.19. The summed E-state index contributed by atoms with van der Waals surface area (Å²) in [5, 5.41) is 0. The van der Waals surface area contributed by atoms with Crippen LogP contribution in [0.4, 0.5) is 0 Å². The van der Waals surface area contributed by atoms with Crippen molar-refractivity contribution in [3.8, 4) is 0 Å². The first-order valence-corrected chi connectivity index (χ1v) is 4.67. The molecule has 0 aliphatic heterocycles. The summed E-state index contributed by atoms with van der Waals surface area (Å²) in [6.45, 7) is 6.65. The van der Waals surface area contributed by atoms with Crippen molar-refractivity contribution in [3.05, 3.63) is 48.6 Å². The van der Waals surface area contributed by atoms with Crippen LogP contribution in [0.15, 0.2) is 43.0 Å². The van der Waals surface area contributed by atoms with Gasteiger partial charge < -0.3 is 4.74 Å². The third kappa shape index (κ3) is 3.03. The van der Waals surface area contributed by atoms with Gasteiger partial charge in [0.2, 0.25) is 0 Å². The van der Waals surface area contributed by atoms with E-state index >= 15 is 0 Å². The summed E-state index contributed by atoms with van der Waals surface area (Å²) in [5.41, 5.74) is 1.17. The second kappa shape index (κ2) is 5.55. The van der Waals surface area contributed by atoms with Gasteiger partial charge in [0.25, 0.3) is 0 Å². The zero-order chi connectivity index (χ0) is 9.52. The highest BCUT2D eigenvalue weighted by Crippen LogP contribution is 2.17. The molecule has 0 spiro atoms. The van der Waals surface area contributed by atoms with Crippen LogP contribution in [-0.2, 0) is 4.74 Å². The molecule has 0 saturated heterocycles. The molecule has 1 rings (SSSR count). The molecule has 0 amide bonds. The lowest BCUT2D eigenvalue weighted by Crippen LogP contribution is -2.01. The molecule has 1 atom stereocenters. The molecule has 1 aromatic rings. The van der Waals surface area contributed by atoms with Gasteiger partial charge in [-0.25, -0.2) is 0 Å². The van der Waals surface area contributed by atoms with Crippen LogP contribution in [0, 0.1) is 0 Å². The smallest absolute Gasteiger partial charge is 0.100 e. The molecule has 13 heavy (non-hydrogen) atoms. The van der Waals surface area contributed by atoms with Crippen LogP contribution in [0.5, 0.6) is 0 Å². The van der Waals surface area contributed by atoms with E-state index in [0.717, 1.165) is 13.0 Å². The standard InChI is InChI=1S/C12H16O/c1-3-10-13-12(4-2)11-8-6-5-7-9-11/h4-9,12H,2-3,10H2,1H3. The normalized spacial score (nSPS) is 12.4. The first kappa shape index (κ1) is 10.0. The van der Waals surface area contributed by atoms with Crippen LogP contribution >= 0.6 is 0 Å². The maximum Gasteiger partial charge on any atom is 0.100 e. The molecule has 0 fully saturated rings. The maximum atomic E-state index is 5.61. The third-order valence-electron chi connectivity index (χ3n) is 1.84. The molecule has 0 bridgehead atoms. The molecular formula is C12H16O. The molecule has 70 valence electrons. The highest BCUT2D eigenvalue weighted by molar-refractivity contribution is 5.20. The van der Waals surface area contributed by atoms with Gasteiger partial charge in [0, 0.05) is 6.61 Å². The van der Waals surface area contributed by atoms with Crippen molar-refractivity contribution in [1.29, 1.82) is 0 Å². The molecule has 1 nitrogen and oxygen atoms in total. The minimum Gasteiger partial charge on any atom is -0.369 e. The SMILES string of the molecule is C=CC(OCCC)c1ccccc1. The molecule has 1 heteroatoms. The summed E-state index contributed by atoms with van der Waals surface area (Å²) < 4.78 is 5.61. The minimum absolute atomic E-state index is 0.0427. The molecule has 0 N–H and O–H groups in total. The molecule has 1 aromatic carbocycles. The Balaban J connectivity index is 2.61. The van der Waals surface area contributed by atoms with E-state index in [9.17, 15) is 0 Å². The van der Waals surface area contributed by atoms with E-state index in [1.807, 2.05) is 24.3 Å². The summed E-state index contributed by atoms with van der Waals surface area (Å²) in [7, 11) is 0. The van der Waals surface area contributed by atoms with Gasteiger partial charge in [-0.1, -0.05) is 43.3 Å².